The molecule has 1 aromatic heterocycles. The Hall–Kier alpha value is -2.49. The van der Waals surface area contributed by atoms with Crippen LogP contribution in [-0.2, 0) is 7.05 Å². The van der Waals surface area contributed by atoms with Crippen molar-refractivity contribution in [1.82, 2.24) is 4.57 Å². The van der Waals surface area contributed by atoms with Gasteiger partial charge in [-0.3, -0.25) is 0 Å². The van der Waals surface area contributed by atoms with Crippen LogP contribution in [0.2, 0.25) is 5.15 Å². The Morgan fingerprint density at radius 2 is 1.56 bits per heavy atom. The van der Waals surface area contributed by atoms with Crippen molar-refractivity contribution in [3.8, 4) is 0 Å². The quantitative estimate of drug-likeness (QED) is 0.337. The van der Waals surface area contributed by atoms with Crippen LogP contribution in [0, 0.1) is 0 Å². The largest absolute Gasteiger partial charge is 0.369 e. The van der Waals surface area contributed by atoms with E-state index in [4.69, 9.17) is 34.5 Å². The average Bonchev–Trinajstić information content (AvgIpc) is 2.71. The summed E-state index contributed by atoms with van der Waals surface area (Å²) in [6, 6.07) is 5.63. The van der Waals surface area contributed by atoms with Gasteiger partial charge in [0.2, 0.25) is 11.9 Å². The summed E-state index contributed by atoms with van der Waals surface area (Å²) < 4.78 is 1.81. The van der Waals surface area contributed by atoms with Crippen molar-refractivity contribution in [2.45, 2.75) is 0 Å². The molecule has 2 aromatic rings. The molecule has 12 heteroatoms. The minimum absolute atomic E-state index is 0. The van der Waals surface area contributed by atoms with Gasteiger partial charge in [-0.15, -0.1) is 35.0 Å². The van der Waals surface area contributed by atoms with Crippen LogP contribution in [0.4, 0.5) is 0 Å². The number of nitrogens with zero attached hydrogens (tertiary/aromatic N) is 5. The molecular weight excluding hydrogens is 389 g/mol. The first-order valence-corrected chi connectivity index (χ1v) is 6.80. The number of nitrogens with two attached hydrogens (primary N) is 4. The monoisotopic (exact) mass is 405 g/mol. The summed E-state index contributed by atoms with van der Waals surface area (Å²) in [5.74, 6) is -0.238. The van der Waals surface area contributed by atoms with Gasteiger partial charge in [0.05, 0.1) is 17.9 Å². The lowest BCUT2D eigenvalue weighted by Crippen LogP contribution is -2.21. The number of benzene rings is 1. The molecule has 0 radical (unpaired) electrons. The Kier molecular flexibility index (Phi) is 8.75. The third-order valence-corrected chi connectivity index (χ3v) is 3.39. The summed E-state index contributed by atoms with van der Waals surface area (Å²) in [6.45, 7) is 0. The SMILES string of the molecule is Cl.Cl.Cn1c(Cl)c(/C=N/N=C(N)N)c2ccc(/C=N/N=C(N)N)cc21. The lowest BCUT2D eigenvalue weighted by Gasteiger charge is -1.98. The molecule has 25 heavy (non-hydrogen) atoms. The lowest BCUT2D eigenvalue weighted by molar-refractivity contribution is 0.969. The van der Waals surface area contributed by atoms with E-state index in [1.165, 1.54) is 12.4 Å². The van der Waals surface area contributed by atoms with Gasteiger partial charge in [0.25, 0.3) is 0 Å². The summed E-state index contributed by atoms with van der Waals surface area (Å²) in [7, 11) is 1.83. The van der Waals surface area contributed by atoms with E-state index in [0.717, 1.165) is 16.5 Å². The van der Waals surface area contributed by atoms with Gasteiger partial charge in [-0.05, 0) is 11.6 Å². The molecule has 0 atom stereocenters. The number of guanidine groups is 2. The van der Waals surface area contributed by atoms with Gasteiger partial charge in [0.1, 0.15) is 5.15 Å². The van der Waals surface area contributed by atoms with E-state index >= 15 is 0 Å². The van der Waals surface area contributed by atoms with Gasteiger partial charge in [-0.2, -0.15) is 10.2 Å². The van der Waals surface area contributed by atoms with Crippen molar-refractivity contribution in [2.75, 3.05) is 0 Å². The molecule has 2 rings (SSSR count). The first-order chi connectivity index (χ1) is 10.9. The number of rotatable bonds is 4. The van der Waals surface area contributed by atoms with Crippen molar-refractivity contribution in [3.05, 3.63) is 34.5 Å². The Labute approximate surface area is 161 Å². The van der Waals surface area contributed by atoms with Crippen molar-refractivity contribution >= 4 is 71.7 Å². The zero-order valence-corrected chi connectivity index (χ0v) is 15.5. The first kappa shape index (κ1) is 22.5. The van der Waals surface area contributed by atoms with Gasteiger partial charge >= 0.3 is 0 Å². The lowest BCUT2D eigenvalue weighted by atomic mass is 10.1. The second-order valence-electron chi connectivity index (χ2n) is 4.58. The van der Waals surface area contributed by atoms with Crippen LogP contribution in [0.3, 0.4) is 0 Å². The smallest absolute Gasteiger partial charge is 0.211 e. The second-order valence-corrected chi connectivity index (χ2v) is 4.94. The highest BCUT2D eigenvalue weighted by atomic mass is 35.5. The second kappa shape index (κ2) is 9.72. The maximum Gasteiger partial charge on any atom is 0.211 e. The van der Waals surface area contributed by atoms with E-state index in [9.17, 15) is 0 Å². The summed E-state index contributed by atoms with van der Waals surface area (Å²) in [5.41, 5.74) is 23.3. The van der Waals surface area contributed by atoms with E-state index in [1.807, 2.05) is 29.8 Å². The Morgan fingerprint density at radius 3 is 2.12 bits per heavy atom. The fourth-order valence-electron chi connectivity index (χ4n) is 1.97. The molecule has 0 aliphatic carbocycles. The maximum absolute atomic E-state index is 6.32. The first-order valence-electron chi connectivity index (χ1n) is 6.42. The van der Waals surface area contributed by atoms with Crippen LogP contribution in [0.15, 0.2) is 38.6 Å². The van der Waals surface area contributed by atoms with E-state index in [-0.39, 0.29) is 36.7 Å². The number of halogens is 3. The highest BCUT2D eigenvalue weighted by Crippen LogP contribution is 2.28. The third-order valence-electron chi connectivity index (χ3n) is 2.93. The van der Waals surface area contributed by atoms with E-state index in [1.54, 1.807) is 0 Å². The van der Waals surface area contributed by atoms with Gasteiger partial charge in [-0.1, -0.05) is 23.7 Å². The predicted octanol–water partition coefficient (Wildman–Crippen LogP) is 0.890. The molecule has 1 aromatic carbocycles. The molecule has 0 aliphatic heterocycles. The molecule has 0 fully saturated rings. The topological polar surface area (TPSA) is 158 Å². The third kappa shape index (κ3) is 5.52. The van der Waals surface area contributed by atoms with Gasteiger partial charge < -0.3 is 27.5 Å². The molecule has 1 heterocycles. The van der Waals surface area contributed by atoms with E-state index < -0.39 is 0 Å². The summed E-state index contributed by atoms with van der Waals surface area (Å²) in [4.78, 5) is 0. The Balaban J connectivity index is 0.00000288. The molecule has 0 amide bonds. The van der Waals surface area contributed by atoms with Gasteiger partial charge in [-0.25, -0.2) is 0 Å². The minimum Gasteiger partial charge on any atom is -0.369 e. The number of hydrogen-bond donors (Lipinski definition) is 4. The number of aryl methyl sites for hydroxylation is 1. The fourth-order valence-corrected chi connectivity index (χ4v) is 2.21. The summed E-state index contributed by atoms with van der Waals surface area (Å²) in [6.07, 6.45) is 3.03. The molecule has 9 nitrogen and oxygen atoms in total. The summed E-state index contributed by atoms with van der Waals surface area (Å²) >= 11 is 6.32. The van der Waals surface area contributed by atoms with Crippen molar-refractivity contribution in [2.24, 2.45) is 50.4 Å². The maximum atomic E-state index is 6.32. The average molecular weight is 407 g/mol. The molecule has 0 aliphatic rings. The molecule has 0 bridgehead atoms. The minimum atomic E-state index is -0.129. The van der Waals surface area contributed by atoms with E-state index in [2.05, 4.69) is 20.4 Å². The fraction of sp³-hybridized carbons (Fsp3) is 0.0769. The molecule has 0 saturated heterocycles. The zero-order chi connectivity index (χ0) is 17.0. The zero-order valence-electron chi connectivity index (χ0n) is 13.1. The number of aromatic nitrogens is 1. The van der Waals surface area contributed by atoms with Crippen LogP contribution >= 0.6 is 36.4 Å². The number of hydrogen-bond acceptors (Lipinski definition) is 4. The Bertz CT molecular complexity index is 844. The van der Waals surface area contributed by atoms with Gasteiger partial charge in [0, 0.05) is 18.0 Å². The molecule has 0 unspecified atom stereocenters. The van der Waals surface area contributed by atoms with Crippen molar-refractivity contribution in [3.63, 3.8) is 0 Å². The van der Waals surface area contributed by atoms with Crippen LogP contribution < -0.4 is 22.9 Å². The summed E-state index contributed by atoms with van der Waals surface area (Å²) in [5, 5.41) is 16.1. The predicted molar refractivity (Wildman–Crippen MR) is 109 cm³/mol. The Morgan fingerprint density at radius 1 is 1.00 bits per heavy atom. The molecule has 0 spiro atoms. The molecule has 136 valence electrons. The van der Waals surface area contributed by atoms with Crippen molar-refractivity contribution in [1.29, 1.82) is 0 Å². The van der Waals surface area contributed by atoms with Gasteiger partial charge in [0.15, 0.2) is 0 Å². The highest BCUT2D eigenvalue weighted by Gasteiger charge is 2.12. The molecule has 0 saturated carbocycles. The van der Waals surface area contributed by atoms with Crippen molar-refractivity contribution < 1.29 is 0 Å². The van der Waals surface area contributed by atoms with Crippen LogP contribution in [0.25, 0.3) is 10.9 Å². The highest BCUT2D eigenvalue weighted by molar-refractivity contribution is 6.34. The molecular formula is C13H18Cl3N9. The van der Waals surface area contributed by atoms with Crippen LogP contribution in [0.5, 0.6) is 0 Å². The standard InChI is InChI=1S/C13H16ClN9.2ClH/c1-23-10-4-7(5-19-21-12(15)16)2-3-8(10)9(11(23)14)6-20-22-13(17)18;;/h2-6H,1H3,(H4,15,16,21)(H4,17,18,22);2*1H/b19-5+,20-6+;;. The van der Waals surface area contributed by atoms with Crippen LogP contribution in [-0.4, -0.2) is 28.9 Å². The van der Waals surface area contributed by atoms with Crippen LogP contribution in [0.1, 0.15) is 11.1 Å². The normalized spacial score (nSPS) is 10.5. The number of fused-ring (bicyclic) bond motifs is 1. The molecule has 8 N–H and O–H groups in total. The van der Waals surface area contributed by atoms with E-state index in [0.29, 0.717) is 10.7 Å².